The molecule has 0 unspecified atom stereocenters. The van der Waals surface area contributed by atoms with E-state index in [4.69, 9.17) is 9.72 Å². The molecule has 1 N–H and O–H groups in total. The molecule has 162 valence electrons. The lowest BCUT2D eigenvalue weighted by atomic mass is 9.89. The Bertz CT molecular complexity index is 1060. The SMILES string of the molecule is COCc1nc(-c2cc(C(=O)N3CCC(c4ccccc4)CC3)c(C)cc2C)c(C)[nH]1. The summed E-state index contributed by atoms with van der Waals surface area (Å²) in [5.41, 5.74) is 7.17. The minimum Gasteiger partial charge on any atom is -0.377 e. The number of H-pyrrole nitrogens is 1. The van der Waals surface area contributed by atoms with E-state index in [1.807, 2.05) is 24.8 Å². The number of benzene rings is 2. The molecule has 1 fully saturated rings. The first-order valence-electron chi connectivity index (χ1n) is 11.0. The number of methoxy groups -OCH3 is 1. The van der Waals surface area contributed by atoms with Gasteiger partial charge in [0.2, 0.25) is 0 Å². The number of carbonyl (C=O) groups excluding carboxylic acids is 1. The van der Waals surface area contributed by atoms with Crippen LogP contribution >= 0.6 is 0 Å². The number of nitrogens with one attached hydrogen (secondary N) is 1. The molecule has 1 aliphatic heterocycles. The van der Waals surface area contributed by atoms with Crippen molar-refractivity contribution in [1.82, 2.24) is 14.9 Å². The van der Waals surface area contributed by atoms with Crippen LogP contribution in [-0.2, 0) is 11.3 Å². The van der Waals surface area contributed by atoms with E-state index in [9.17, 15) is 4.79 Å². The molecule has 4 rings (SSSR count). The van der Waals surface area contributed by atoms with Crippen molar-refractivity contribution in [1.29, 1.82) is 0 Å². The number of rotatable bonds is 5. The molecule has 31 heavy (non-hydrogen) atoms. The zero-order valence-electron chi connectivity index (χ0n) is 18.9. The van der Waals surface area contributed by atoms with Crippen LogP contribution < -0.4 is 0 Å². The summed E-state index contributed by atoms with van der Waals surface area (Å²) in [7, 11) is 1.66. The number of amides is 1. The molecule has 0 bridgehead atoms. The third kappa shape index (κ3) is 4.42. The first kappa shape index (κ1) is 21.3. The van der Waals surface area contributed by atoms with Crippen molar-refractivity contribution in [3.63, 3.8) is 0 Å². The quantitative estimate of drug-likeness (QED) is 0.623. The normalized spacial score (nSPS) is 14.8. The van der Waals surface area contributed by atoms with Gasteiger partial charge in [-0.2, -0.15) is 0 Å². The summed E-state index contributed by atoms with van der Waals surface area (Å²) >= 11 is 0. The lowest BCUT2D eigenvalue weighted by molar-refractivity contribution is 0.0712. The van der Waals surface area contributed by atoms with Gasteiger partial charge in [0.25, 0.3) is 5.91 Å². The average Bonchev–Trinajstić information content (AvgIpc) is 3.14. The highest BCUT2D eigenvalue weighted by Crippen LogP contribution is 2.31. The molecule has 5 heteroatoms. The highest BCUT2D eigenvalue weighted by Gasteiger charge is 2.26. The number of likely N-dealkylation sites (tertiary alicyclic amines) is 1. The number of ether oxygens (including phenoxy) is 1. The first-order valence-corrected chi connectivity index (χ1v) is 11.0. The predicted octanol–water partition coefficient (Wildman–Crippen LogP) is 5.17. The second-order valence-electron chi connectivity index (χ2n) is 8.55. The largest absolute Gasteiger partial charge is 0.377 e. The monoisotopic (exact) mass is 417 g/mol. The van der Waals surface area contributed by atoms with E-state index in [2.05, 4.69) is 48.3 Å². The number of aromatic amines is 1. The number of hydrogen-bond donors (Lipinski definition) is 1. The molecule has 5 nitrogen and oxygen atoms in total. The minimum atomic E-state index is 0.121. The van der Waals surface area contributed by atoms with E-state index < -0.39 is 0 Å². The Balaban J connectivity index is 1.56. The lowest BCUT2D eigenvalue weighted by Gasteiger charge is -2.32. The average molecular weight is 418 g/mol. The molecule has 2 aromatic carbocycles. The fourth-order valence-electron chi connectivity index (χ4n) is 4.64. The molecule has 1 amide bonds. The van der Waals surface area contributed by atoms with Crippen LogP contribution in [0.25, 0.3) is 11.3 Å². The van der Waals surface area contributed by atoms with Gasteiger partial charge in [0.1, 0.15) is 12.4 Å². The van der Waals surface area contributed by atoms with Crippen molar-refractivity contribution in [2.75, 3.05) is 20.2 Å². The Kier molecular flexibility index (Phi) is 6.23. The molecular weight excluding hydrogens is 386 g/mol. The van der Waals surface area contributed by atoms with Crippen molar-refractivity contribution >= 4 is 5.91 Å². The van der Waals surface area contributed by atoms with Crippen LogP contribution in [-0.4, -0.2) is 41.0 Å². The van der Waals surface area contributed by atoms with Gasteiger partial charge in [0, 0.05) is 37.0 Å². The van der Waals surface area contributed by atoms with E-state index in [0.29, 0.717) is 12.5 Å². The molecule has 3 aromatic rings. The van der Waals surface area contributed by atoms with Crippen molar-refractivity contribution < 1.29 is 9.53 Å². The number of piperidine rings is 1. The van der Waals surface area contributed by atoms with E-state index in [1.54, 1.807) is 7.11 Å². The van der Waals surface area contributed by atoms with Crippen molar-refractivity contribution in [2.24, 2.45) is 0 Å². The van der Waals surface area contributed by atoms with Crippen LogP contribution in [0.15, 0.2) is 42.5 Å². The second kappa shape index (κ2) is 9.06. The van der Waals surface area contributed by atoms with E-state index in [0.717, 1.165) is 65.4 Å². The fraction of sp³-hybridized carbons (Fsp3) is 0.385. The third-order valence-electron chi connectivity index (χ3n) is 6.32. The second-order valence-corrected chi connectivity index (χ2v) is 8.55. The van der Waals surface area contributed by atoms with Gasteiger partial charge >= 0.3 is 0 Å². The topological polar surface area (TPSA) is 58.2 Å². The molecule has 1 aromatic heterocycles. The number of aromatic nitrogens is 2. The molecule has 0 aliphatic carbocycles. The van der Waals surface area contributed by atoms with E-state index in [-0.39, 0.29) is 5.91 Å². The Hall–Kier alpha value is -2.92. The smallest absolute Gasteiger partial charge is 0.254 e. The molecule has 0 saturated carbocycles. The van der Waals surface area contributed by atoms with Crippen molar-refractivity contribution in [2.45, 2.75) is 46.1 Å². The van der Waals surface area contributed by atoms with Gasteiger partial charge in [-0.25, -0.2) is 4.98 Å². The Morgan fingerprint density at radius 3 is 2.48 bits per heavy atom. The molecular formula is C26H31N3O2. The Morgan fingerprint density at radius 2 is 1.81 bits per heavy atom. The molecule has 0 spiro atoms. The highest BCUT2D eigenvalue weighted by atomic mass is 16.5. The minimum absolute atomic E-state index is 0.121. The number of imidazole rings is 1. The molecule has 0 atom stereocenters. The standard InChI is InChI=1S/C26H31N3O2/c1-17-14-18(2)23(15-22(17)25-19(3)27-24(28-25)16-31-4)26(30)29-12-10-21(11-13-29)20-8-6-5-7-9-20/h5-9,14-15,21H,10-13,16H2,1-4H3,(H,27,28). The van der Waals surface area contributed by atoms with E-state index >= 15 is 0 Å². The summed E-state index contributed by atoms with van der Waals surface area (Å²) in [6.45, 7) is 8.13. The summed E-state index contributed by atoms with van der Waals surface area (Å²) in [5.74, 6) is 1.45. The lowest BCUT2D eigenvalue weighted by Crippen LogP contribution is -2.38. The van der Waals surface area contributed by atoms with Gasteiger partial charge in [-0.15, -0.1) is 0 Å². The zero-order valence-corrected chi connectivity index (χ0v) is 18.9. The number of nitrogens with zero attached hydrogens (tertiary/aromatic N) is 2. The van der Waals surface area contributed by atoms with Crippen LogP contribution in [0.2, 0.25) is 0 Å². The summed E-state index contributed by atoms with van der Waals surface area (Å²) in [6, 6.07) is 14.8. The number of aryl methyl sites for hydroxylation is 3. The van der Waals surface area contributed by atoms with Crippen molar-refractivity contribution in [3.05, 3.63) is 76.2 Å². The van der Waals surface area contributed by atoms with Gasteiger partial charge in [0.05, 0.1) is 5.69 Å². The fourth-order valence-corrected chi connectivity index (χ4v) is 4.64. The van der Waals surface area contributed by atoms with Gasteiger partial charge in [-0.1, -0.05) is 36.4 Å². The maximum Gasteiger partial charge on any atom is 0.254 e. The van der Waals surface area contributed by atoms with E-state index in [1.165, 1.54) is 5.56 Å². The molecule has 1 aliphatic rings. The van der Waals surface area contributed by atoms with Gasteiger partial charge in [-0.3, -0.25) is 4.79 Å². The summed E-state index contributed by atoms with van der Waals surface area (Å²) in [5, 5.41) is 0. The van der Waals surface area contributed by atoms with Crippen LogP contribution in [0, 0.1) is 20.8 Å². The highest BCUT2D eigenvalue weighted by molar-refractivity contribution is 5.97. The Morgan fingerprint density at radius 1 is 1.10 bits per heavy atom. The molecule has 1 saturated heterocycles. The zero-order chi connectivity index (χ0) is 22.0. The Labute approximate surface area is 184 Å². The van der Waals surface area contributed by atoms with Gasteiger partial charge < -0.3 is 14.6 Å². The summed E-state index contributed by atoms with van der Waals surface area (Å²) in [6.07, 6.45) is 2.01. The van der Waals surface area contributed by atoms with Gasteiger partial charge in [0.15, 0.2) is 0 Å². The van der Waals surface area contributed by atoms with Crippen LogP contribution in [0.3, 0.4) is 0 Å². The predicted molar refractivity (Wildman–Crippen MR) is 123 cm³/mol. The van der Waals surface area contributed by atoms with Crippen molar-refractivity contribution in [3.8, 4) is 11.3 Å². The molecule has 2 heterocycles. The first-order chi connectivity index (χ1) is 15.0. The maximum absolute atomic E-state index is 13.4. The van der Waals surface area contributed by atoms with Gasteiger partial charge in [-0.05, 0) is 62.3 Å². The molecule has 0 radical (unpaired) electrons. The summed E-state index contributed by atoms with van der Waals surface area (Å²) < 4.78 is 5.21. The number of carbonyl (C=O) groups is 1. The van der Waals surface area contributed by atoms with Crippen LogP contribution in [0.5, 0.6) is 0 Å². The van der Waals surface area contributed by atoms with Crippen LogP contribution in [0.1, 0.15) is 57.3 Å². The number of hydrogen-bond acceptors (Lipinski definition) is 3. The van der Waals surface area contributed by atoms with Crippen LogP contribution in [0.4, 0.5) is 0 Å². The summed E-state index contributed by atoms with van der Waals surface area (Å²) in [4.78, 5) is 23.4. The third-order valence-corrected chi connectivity index (χ3v) is 6.32. The maximum atomic E-state index is 13.4.